The number of fused-ring (bicyclic) bond motifs is 2. The van der Waals surface area contributed by atoms with Crippen LogP contribution >= 0.6 is 0 Å². The average molecular weight is 944 g/mol. The quantitative estimate of drug-likeness (QED) is 0.128. The molecule has 0 saturated heterocycles. The van der Waals surface area contributed by atoms with Crippen molar-refractivity contribution in [3.8, 4) is 34.3 Å². The van der Waals surface area contributed by atoms with E-state index in [9.17, 15) is 13.2 Å². The van der Waals surface area contributed by atoms with Crippen molar-refractivity contribution in [3.05, 3.63) is 213 Å². The molecule has 10 rings (SSSR count). The molecule has 1 radical (unpaired) electrons. The summed E-state index contributed by atoms with van der Waals surface area (Å²) in [6.45, 7) is 0. The van der Waals surface area contributed by atoms with Gasteiger partial charge in [-0.05, 0) is 53.6 Å². The van der Waals surface area contributed by atoms with Crippen molar-refractivity contribution in [2.24, 2.45) is 0 Å². The summed E-state index contributed by atoms with van der Waals surface area (Å²) in [6.07, 6.45) is 3.72. The molecule has 0 amide bonds. The molecule has 4 aromatic heterocycles. The summed E-state index contributed by atoms with van der Waals surface area (Å²) in [5.74, 6) is -1.37. The second kappa shape index (κ2) is 17.8. The SMILES string of the molecule is FC(F)(F)c1n[n-]c(-c2ccccn2)n1.[Ir].[c-]1ccccc1-n1[c-][n+](-c2ccccc2)c2ccccc21.[c-]1ccccc1-n1[c-][n+](-c2ccccc2)c2ccccc21. The van der Waals surface area contributed by atoms with E-state index in [-0.39, 0.29) is 31.6 Å². The molecule has 0 bridgehead atoms. The number of pyridine rings is 1. The molecule has 0 saturated carbocycles. The molecular formula is C46H30F3IrN8-3. The Labute approximate surface area is 345 Å². The minimum Gasteiger partial charge on any atom is -0.413 e. The van der Waals surface area contributed by atoms with Gasteiger partial charge in [-0.25, -0.2) is 0 Å². The number of aromatic nitrogens is 8. The second-order valence-corrected chi connectivity index (χ2v) is 12.4. The van der Waals surface area contributed by atoms with E-state index >= 15 is 0 Å². The number of benzene rings is 6. The molecule has 10 aromatic rings. The summed E-state index contributed by atoms with van der Waals surface area (Å²) < 4.78 is 44.6. The molecule has 12 heteroatoms. The number of hydrogen-bond acceptors (Lipinski definition) is 3. The van der Waals surface area contributed by atoms with Gasteiger partial charge in [0.25, 0.3) is 12.7 Å². The Morgan fingerprint density at radius 3 is 1.43 bits per heavy atom. The monoisotopic (exact) mass is 944 g/mol. The first-order chi connectivity index (χ1) is 27.9. The average Bonchev–Trinajstić information content (AvgIpc) is 4.03. The Bertz CT molecular complexity index is 2530. The van der Waals surface area contributed by atoms with Crippen LogP contribution in [0.25, 0.3) is 56.3 Å². The minimum absolute atomic E-state index is 0. The first-order valence-electron chi connectivity index (χ1n) is 17.7. The fraction of sp³-hybridized carbons (Fsp3) is 0.0217. The number of rotatable bonds is 5. The Hall–Kier alpha value is -7.01. The van der Waals surface area contributed by atoms with E-state index < -0.39 is 12.0 Å². The van der Waals surface area contributed by atoms with Crippen LogP contribution in [0.2, 0.25) is 0 Å². The van der Waals surface area contributed by atoms with Crippen molar-refractivity contribution in [1.29, 1.82) is 0 Å². The van der Waals surface area contributed by atoms with Gasteiger partial charge in [0.15, 0.2) is 0 Å². The molecule has 6 aromatic carbocycles. The molecule has 0 aliphatic heterocycles. The van der Waals surface area contributed by atoms with E-state index in [4.69, 9.17) is 0 Å². The van der Waals surface area contributed by atoms with Gasteiger partial charge in [0.1, 0.15) is 5.82 Å². The predicted octanol–water partition coefficient (Wildman–Crippen LogP) is 8.53. The molecular weight excluding hydrogens is 914 g/mol. The normalized spacial score (nSPS) is 10.9. The molecule has 0 fully saturated rings. The van der Waals surface area contributed by atoms with Crippen LogP contribution in [0, 0.1) is 24.8 Å². The van der Waals surface area contributed by atoms with Gasteiger partial charge in [0.05, 0.1) is 39.1 Å². The molecule has 0 atom stereocenters. The van der Waals surface area contributed by atoms with Crippen LogP contribution in [-0.2, 0) is 26.3 Å². The Balaban J connectivity index is 0.000000134. The number of para-hydroxylation sites is 8. The second-order valence-electron chi connectivity index (χ2n) is 12.4. The molecule has 8 nitrogen and oxygen atoms in total. The first kappa shape index (κ1) is 39.2. The van der Waals surface area contributed by atoms with Crippen LogP contribution in [0.15, 0.2) is 182 Å². The number of imidazole rings is 2. The van der Waals surface area contributed by atoms with Crippen molar-refractivity contribution in [2.45, 2.75) is 6.18 Å². The van der Waals surface area contributed by atoms with E-state index in [1.807, 2.05) is 106 Å². The smallest absolute Gasteiger partial charge is 0.413 e. The van der Waals surface area contributed by atoms with Gasteiger partial charge < -0.3 is 19.2 Å². The van der Waals surface area contributed by atoms with Gasteiger partial charge in [-0.2, -0.15) is 73.8 Å². The molecule has 0 aliphatic rings. The topological polar surface area (TPSA) is 70.4 Å². The zero-order chi connectivity index (χ0) is 39.0. The third-order valence-electron chi connectivity index (χ3n) is 8.62. The maximum Gasteiger partial charge on any atom is 0.429 e. The number of halogens is 3. The van der Waals surface area contributed by atoms with Crippen LogP contribution in [0.4, 0.5) is 13.2 Å². The standard InChI is InChI=1S/2C19H13N2.C8H4F3N4.Ir/c2*1-3-9-16(10-4-1)20-15-21(17-11-5-2-6-12-17)19-14-8-7-13-18(19)20;9-8(10,11)7-13-6(14-15-7)5-3-1-2-4-12-5;/h2*1-11,13-14H;1-4H;/q3*-1;. The Morgan fingerprint density at radius 1 is 0.534 bits per heavy atom. The van der Waals surface area contributed by atoms with Crippen LogP contribution in [-0.4, -0.2) is 24.2 Å². The molecule has 0 spiro atoms. The fourth-order valence-corrected chi connectivity index (χ4v) is 6.02. The number of alkyl halides is 3. The van der Waals surface area contributed by atoms with Crippen LogP contribution in [0.5, 0.6) is 0 Å². The Kier molecular flexibility index (Phi) is 12.1. The van der Waals surface area contributed by atoms with Crippen LogP contribution < -0.4 is 14.2 Å². The molecule has 287 valence electrons. The van der Waals surface area contributed by atoms with Crippen molar-refractivity contribution in [1.82, 2.24) is 29.3 Å². The van der Waals surface area contributed by atoms with Crippen molar-refractivity contribution in [2.75, 3.05) is 0 Å². The van der Waals surface area contributed by atoms with Crippen molar-refractivity contribution >= 4 is 22.1 Å². The van der Waals surface area contributed by atoms with Crippen molar-refractivity contribution in [3.63, 3.8) is 0 Å². The third-order valence-corrected chi connectivity index (χ3v) is 8.62. The summed E-state index contributed by atoms with van der Waals surface area (Å²) in [6, 6.07) is 64.4. The number of hydrogen-bond donors (Lipinski definition) is 0. The van der Waals surface area contributed by atoms with E-state index in [0.717, 1.165) is 44.8 Å². The summed E-state index contributed by atoms with van der Waals surface area (Å²) in [4.78, 5) is 7.05. The summed E-state index contributed by atoms with van der Waals surface area (Å²) in [7, 11) is 0. The summed E-state index contributed by atoms with van der Waals surface area (Å²) in [5.41, 5.74) is 8.92. The van der Waals surface area contributed by atoms with Gasteiger partial charge in [0, 0.05) is 26.3 Å². The summed E-state index contributed by atoms with van der Waals surface area (Å²) >= 11 is 0. The van der Waals surface area contributed by atoms with Crippen molar-refractivity contribution < 1.29 is 42.4 Å². The number of nitrogens with zero attached hydrogens (tertiary/aromatic N) is 8. The third kappa shape index (κ3) is 8.68. The molecule has 58 heavy (non-hydrogen) atoms. The molecule has 0 N–H and O–H groups in total. The Morgan fingerprint density at radius 2 is 1.00 bits per heavy atom. The van der Waals surface area contributed by atoms with E-state index in [1.54, 1.807) is 12.1 Å². The van der Waals surface area contributed by atoms with E-state index in [0.29, 0.717) is 0 Å². The molecule has 4 heterocycles. The molecule has 0 unspecified atom stereocenters. The fourth-order valence-electron chi connectivity index (χ4n) is 6.02. The predicted molar refractivity (Wildman–Crippen MR) is 209 cm³/mol. The van der Waals surface area contributed by atoms with Crippen LogP contribution in [0.3, 0.4) is 0 Å². The zero-order valence-corrected chi connectivity index (χ0v) is 32.8. The zero-order valence-electron chi connectivity index (χ0n) is 30.4. The van der Waals surface area contributed by atoms with Gasteiger partial charge in [-0.3, -0.25) is 19.2 Å². The van der Waals surface area contributed by atoms with Crippen LogP contribution in [0.1, 0.15) is 5.82 Å². The maximum atomic E-state index is 12.1. The van der Waals surface area contributed by atoms with Gasteiger partial charge in [-0.1, -0.05) is 91.0 Å². The van der Waals surface area contributed by atoms with E-state index in [1.165, 1.54) is 12.3 Å². The van der Waals surface area contributed by atoms with E-state index in [2.05, 4.69) is 115 Å². The summed E-state index contributed by atoms with van der Waals surface area (Å²) in [5, 5.41) is 6.25. The maximum absolute atomic E-state index is 12.1. The largest absolute Gasteiger partial charge is 0.429 e. The minimum atomic E-state index is -4.57. The van der Waals surface area contributed by atoms with Gasteiger partial charge in [0.2, 0.25) is 0 Å². The first-order valence-corrected chi connectivity index (χ1v) is 17.7. The van der Waals surface area contributed by atoms with Gasteiger partial charge in [-0.15, -0.1) is 0 Å². The molecule has 0 aliphatic carbocycles. The van der Waals surface area contributed by atoms with Gasteiger partial charge >= 0.3 is 6.18 Å².